The highest BCUT2D eigenvalue weighted by Gasteiger charge is 2.31. The molecule has 0 unspecified atom stereocenters. The zero-order valence-electron chi connectivity index (χ0n) is 17.4. The van der Waals surface area contributed by atoms with Gasteiger partial charge in [-0.05, 0) is 43.4 Å². The second kappa shape index (κ2) is 10.4. The highest BCUT2D eigenvalue weighted by atomic mass is 16.5. The van der Waals surface area contributed by atoms with Crippen molar-refractivity contribution in [3.05, 3.63) is 29.8 Å². The second-order valence-electron chi connectivity index (χ2n) is 8.43. The number of hydrogen-bond acceptors (Lipinski definition) is 5. The van der Waals surface area contributed by atoms with Crippen LogP contribution in [0.1, 0.15) is 37.7 Å². The number of rotatable bonds is 9. The summed E-state index contributed by atoms with van der Waals surface area (Å²) in [5, 5.41) is 0. The van der Waals surface area contributed by atoms with E-state index in [-0.39, 0.29) is 12.0 Å². The molecule has 2 aliphatic heterocycles. The Hall–Kier alpha value is -1.63. The summed E-state index contributed by atoms with van der Waals surface area (Å²) in [4.78, 5) is 17.3. The lowest BCUT2D eigenvalue weighted by Crippen LogP contribution is -2.42. The van der Waals surface area contributed by atoms with E-state index >= 15 is 0 Å². The number of amides is 1. The highest BCUT2D eigenvalue weighted by molar-refractivity contribution is 5.79. The number of carbonyl (C=O) groups is 1. The van der Waals surface area contributed by atoms with Gasteiger partial charge in [-0.15, -0.1) is 0 Å². The third-order valence-electron chi connectivity index (χ3n) is 6.29. The third kappa shape index (κ3) is 5.93. The van der Waals surface area contributed by atoms with Gasteiger partial charge in [-0.3, -0.25) is 9.69 Å². The number of morpholine rings is 1. The molecule has 0 bridgehead atoms. The Bertz CT molecular complexity index is 635. The molecule has 1 aromatic carbocycles. The molecule has 3 fully saturated rings. The summed E-state index contributed by atoms with van der Waals surface area (Å²) < 4.78 is 17.1. The molecule has 2 saturated heterocycles. The molecule has 6 nitrogen and oxygen atoms in total. The van der Waals surface area contributed by atoms with Gasteiger partial charge in [-0.25, -0.2) is 0 Å². The zero-order valence-corrected chi connectivity index (χ0v) is 17.4. The van der Waals surface area contributed by atoms with E-state index in [1.54, 1.807) is 0 Å². The van der Waals surface area contributed by atoms with Gasteiger partial charge in [0.1, 0.15) is 12.4 Å². The monoisotopic (exact) mass is 402 g/mol. The van der Waals surface area contributed by atoms with Crippen molar-refractivity contribution in [2.75, 3.05) is 52.6 Å². The lowest BCUT2D eigenvalue weighted by Gasteiger charge is -2.33. The molecular weight excluding hydrogens is 368 g/mol. The van der Waals surface area contributed by atoms with E-state index in [9.17, 15) is 4.79 Å². The fourth-order valence-electron chi connectivity index (χ4n) is 4.21. The van der Waals surface area contributed by atoms with Crippen molar-refractivity contribution < 1.29 is 19.0 Å². The number of carbonyl (C=O) groups excluding carboxylic acids is 1. The van der Waals surface area contributed by atoms with Gasteiger partial charge in [-0.1, -0.05) is 18.6 Å². The van der Waals surface area contributed by atoms with Crippen LogP contribution < -0.4 is 4.74 Å². The van der Waals surface area contributed by atoms with Gasteiger partial charge in [0.2, 0.25) is 5.91 Å². The first-order valence-corrected chi connectivity index (χ1v) is 11.2. The molecule has 4 rings (SSSR count). The average Bonchev–Trinajstić information content (AvgIpc) is 3.21. The fourth-order valence-corrected chi connectivity index (χ4v) is 4.21. The van der Waals surface area contributed by atoms with Crippen LogP contribution in [-0.2, 0) is 20.8 Å². The zero-order chi connectivity index (χ0) is 19.9. The first kappa shape index (κ1) is 20.6. The van der Waals surface area contributed by atoms with Crippen LogP contribution in [0.3, 0.4) is 0 Å². The molecule has 6 heteroatoms. The maximum Gasteiger partial charge on any atom is 0.226 e. The van der Waals surface area contributed by atoms with Gasteiger partial charge in [0.05, 0.1) is 19.3 Å². The predicted molar refractivity (Wildman–Crippen MR) is 111 cm³/mol. The van der Waals surface area contributed by atoms with Gasteiger partial charge in [-0.2, -0.15) is 0 Å². The van der Waals surface area contributed by atoms with E-state index in [1.165, 1.54) is 6.42 Å². The van der Waals surface area contributed by atoms with Crippen LogP contribution in [0.4, 0.5) is 0 Å². The van der Waals surface area contributed by atoms with Crippen LogP contribution in [0.5, 0.6) is 5.75 Å². The smallest absolute Gasteiger partial charge is 0.226 e. The summed E-state index contributed by atoms with van der Waals surface area (Å²) in [6.07, 6.45) is 5.62. The normalized spacial score (nSPS) is 23.0. The summed E-state index contributed by atoms with van der Waals surface area (Å²) in [5.41, 5.74) is 1.15. The average molecular weight is 403 g/mol. The molecular formula is C23H34N2O4. The van der Waals surface area contributed by atoms with Gasteiger partial charge in [0.15, 0.2) is 0 Å². The summed E-state index contributed by atoms with van der Waals surface area (Å²) in [6, 6.07) is 8.21. The first-order chi connectivity index (χ1) is 14.3. The van der Waals surface area contributed by atoms with Crippen LogP contribution in [0.25, 0.3) is 0 Å². The molecule has 1 atom stereocenters. The van der Waals surface area contributed by atoms with Gasteiger partial charge >= 0.3 is 0 Å². The minimum atomic E-state index is 0.196. The lowest BCUT2D eigenvalue weighted by atomic mass is 9.84. The van der Waals surface area contributed by atoms with Crippen molar-refractivity contribution in [3.63, 3.8) is 0 Å². The van der Waals surface area contributed by atoms with E-state index in [0.29, 0.717) is 25.6 Å². The van der Waals surface area contributed by atoms with Crippen LogP contribution in [0.15, 0.2) is 24.3 Å². The van der Waals surface area contributed by atoms with Crippen molar-refractivity contribution in [3.8, 4) is 5.75 Å². The largest absolute Gasteiger partial charge is 0.492 e. The summed E-state index contributed by atoms with van der Waals surface area (Å²) in [7, 11) is 0. The van der Waals surface area contributed by atoms with Gasteiger partial charge < -0.3 is 19.1 Å². The summed E-state index contributed by atoms with van der Waals surface area (Å²) in [5.74, 6) is 1.41. The Kier molecular flexibility index (Phi) is 7.41. The van der Waals surface area contributed by atoms with E-state index in [4.69, 9.17) is 14.2 Å². The molecule has 0 radical (unpaired) electrons. The standard InChI is InChI=1S/C23H34N2O4/c26-23(20-3-1-4-20)25(18-22-5-2-13-28-22)17-19-6-8-21(9-7-19)29-16-12-24-10-14-27-15-11-24/h6-9,20,22H,1-5,10-18H2/t22-/m1/s1. The third-order valence-corrected chi connectivity index (χ3v) is 6.29. The van der Waals surface area contributed by atoms with Crippen LogP contribution in [0.2, 0.25) is 0 Å². The molecule has 1 saturated carbocycles. The Labute approximate surface area is 174 Å². The van der Waals surface area contributed by atoms with Crippen LogP contribution >= 0.6 is 0 Å². The molecule has 1 amide bonds. The van der Waals surface area contributed by atoms with E-state index in [2.05, 4.69) is 17.0 Å². The molecule has 0 aromatic heterocycles. The molecule has 0 N–H and O–H groups in total. The predicted octanol–water partition coefficient (Wildman–Crippen LogP) is 2.71. The molecule has 160 valence electrons. The van der Waals surface area contributed by atoms with E-state index in [1.807, 2.05) is 17.0 Å². The van der Waals surface area contributed by atoms with Crippen molar-refractivity contribution in [2.24, 2.45) is 5.92 Å². The molecule has 1 aromatic rings. The Morgan fingerprint density at radius 2 is 1.86 bits per heavy atom. The van der Waals surface area contributed by atoms with Crippen molar-refractivity contribution >= 4 is 5.91 Å². The van der Waals surface area contributed by atoms with Crippen molar-refractivity contribution in [1.29, 1.82) is 0 Å². The summed E-state index contributed by atoms with van der Waals surface area (Å²) in [6.45, 7) is 7.41. The van der Waals surface area contributed by atoms with Crippen LogP contribution in [-0.4, -0.2) is 74.4 Å². The quantitative estimate of drug-likeness (QED) is 0.636. The number of benzene rings is 1. The molecule has 29 heavy (non-hydrogen) atoms. The van der Waals surface area contributed by atoms with Gasteiger partial charge in [0.25, 0.3) is 0 Å². The second-order valence-corrected chi connectivity index (χ2v) is 8.43. The van der Waals surface area contributed by atoms with Gasteiger partial charge in [0, 0.05) is 45.2 Å². The first-order valence-electron chi connectivity index (χ1n) is 11.2. The number of hydrogen-bond donors (Lipinski definition) is 0. The van der Waals surface area contributed by atoms with E-state index < -0.39 is 0 Å². The number of ether oxygens (including phenoxy) is 3. The highest BCUT2D eigenvalue weighted by Crippen LogP contribution is 2.29. The molecule has 3 aliphatic rings. The minimum Gasteiger partial charge on any atom is -0.492 e. The molecule has 0 spiro atoms. The maximum atomic E-state index is 12.9. The van der Waals surface area contributed by atoms with E-state index in [0.717, 1.165) is 76.5 Å². The van der Waals surface area contributed by atoms with Crippen LogP contribution in [0, 0.1) is 5.92 Å². The fraction of sp³-hybridized carbons (Fsp3) is 0.696. The topological polar surface area (TPSA) is 51.2 Å². The molecule has 2 heterocycles. The Morgan fingerprint density at radius 1 is 1.07 bits per heavy atom. The Morgan fingerprint density at radius 3 is 2.52 bits per heavy atom. The van der Waals surface area contributed by atoms with Crippen molar-refractivity contribution in [1.82, 2.24) is 9.80 Å². The summed E-state index contributed by atoms with van der Waals surface area (Å²) >= 11 is 0. The number of nitrogens with zero attached hydrogens (tertiary/aromatic N) is 2. The minimum absolute atomic E-state index is 0.196. The maximum absolute atomic E-state index is 12.9. The van der Waals surface area contributed by atoms with Crippen molar-refractivity contribution in [2.45, 2.75) is 44.8 Å². The lowest BCUT2D eigenvalue weighted by molar-refractivity contribution is -0.140. The molecule has 1 aliphatic carbocycles. The Balaban J connectivity index is 1.28. The SMILES string of the molecule is O=C(C1CCC1)N(Cc1ccc(OCCN2CCOCC2)cc1)C[C@H]1CCCO1.